The van der Waals surface area contributed by atoms with Gasteiger partial charge in [0.1, 0.15) is 18.3 Å². The molecule has 6 nitrogen and oxygen atoms in total. The van der Waals surface area contributed by atoms with Crippen LogP contribution in [0.4, 0.5) is 24.5 Å². The molecule has 0 saturated heterocycles. The molecule has 23 heavy (non-hydrogen) atoms. The number of hydrogen-bond donors (Lipinski definition) is 3. The molecule has 2 atom stereocenters. The molecule has 1 aromatic rings. The molecule has 0 aliphatic carbocycles. The average molecular weight is 331 g/mol. The Bertz CT molecular complexity index is 619. The van der Waals surface area contributed by atoms with Gasteiger partial charge in [-0.2, -0.15) is 13.2 Å². The van der Waals surface area contributed by atoms with E-state index in [0.29, 0.717) is 17.1 Å². The fraction of sp³-hybridized carbons (Fsp3) is 0.429. The van der Waals surface area contributed by atoms with Gasteiger partial charge in [-0.25, -0.2) is 0 Å². The van der Waals surface area contributed by atoms with E-state index in [4.69, 9.17) is 4.74 Å². The maximum absolute atomic E-state index is 12.1. The van der Waals surface area contributed by atoms with Crippen molar-refractivity contribution in [3.05, 3.63) is 18.2 Å². The molecule has 1 aromatic carbocycles. The van der Waals surface area contributed by atoms with Crippen LogP contribution in [0.2, 0.25) is 0 Å². The summed E-state index contributed by atoms with van der Waals surface area (Å²) in [4.78, 5) is 23.2. The highest BCUT2D eigenvalue weighted by molar-refractivity contribution is 5.98. The summed E-state index contributed by atoms with van der Waals surface area (Å²) in [6.45, 7) is 1.66. The minimum absolute atomic E-state index is 0.300. The summed E-state index contributed by atoms with van der Waals surface area (Å²) in [5.41, 5.74) is 0.901. The summed E-state index contributed by atoms with van der Waals surface area (Å²) >= 11 is 0. The third kappa shape index (κ3) is 4.51. The molecule has 2 rings (SSSR count). The lowest BCUT2D eigenvalue weighted by atomic mass is 10.2. The van der Waals surface area contributed by atoms with Gasteiger partial charge in [0.2, 0.25) is 5.91 Å². The van der Waals surface area contributed by atoms with E-state index in [2.05, 4.69) is 10.6 Å². The Labute approximate surface area is 130 Å². The van der Waals surface area contributed by atoms with Crippen molar-refractivity contribution in [1.82, 2.24) is 5.32 Å². The number of benzene rings is 1. The van der Waals surface area contributed by atoms with E-state index in [1.165, 1.54) is 6.92 Å². The second-order valence-corrected chi connectivity index (χ2v) is 5.16. The first-order valence-electron chi connectivity index (χ1n) is 6.88. The molecule has 9 heteroatoms. The summed E-state index contributed by atoms with van der Waals surface area (Å²) in [6, 6.07) is 3.88. The second kappa shape index (κ2) is 6.35. The highest BCUT2D eigenvalue weighted by Gasteiger charge is 2.29. The van der Waals surface area contributed by atoms with Gasteiger partial charge in [-0.05, 0) is 32.0 Å². The number of ether oxygens (including phenoxy) is 1. The van der Waals surface area contributed by atoms with Crippen molar-refractivity contribution in [2.45, 2.75) is 32.2 Å². The van der Waals surface area contributed by atoms with Crippen molar-refractivity contribution in [2.75, 3.05) is 17.2 Å². The van der Waals surface area contributed by atoms with Crippen molar-refractivity contribution >= 4 is 23.2 Å². The van der Waals surface area contributed by atoms with Crippen LogP contribution in [0.3, 0.4) is 0 Å². The first-order valence-corrected chi connectivity index (χ1v) is 6.88. The number of rotatable bonds is 4. The molecule has 2 amide bonds. The predicted molar refractivity (Wildman–Crippen MR) is 77.3 cm³/mol. The van der Waals surface area contributed by atoms with Crippen LogP contribution in [0.15, 0.2) is 18.2 Å². The van der Waals surface area contributed by atoms with Crippen LogP contribution in [0.1, 0.15) is 13.8 Å². The van der Waals surface area contributed by atoms with E-state index in [0.717, 1.165) is 0 Å². The van der Waals surface area contributed by atoms with E-state index in [-0.39, 0.29) is 5.91 Å². The topological polar surface area (TPSA) is 79.5 Å². The molecule has 1 aliphatic heterocycles. The highest BCUT2D eigenvalue weighted by atomic mass is 19.4. The monoisotopic (exact) mass is 331 g/mol. The third-order valence-electron chi connectivity index (χ3n) is 3.15. The van der Waals surface area contributed by atoms with E-state index in [1.54, 1.807) is 30.4 Å². The van der Waals surface area contributed by atoms with Gasteiger partial charge in [-0.1, -0.05) is 0 Å². The molecular weight excluding hydrogens is 315 g/mol. The first-order chi connectivity index (χ1) is 10.7. The summed E-state index contributed by atoms with van der Waals surface area (Å²) in [6.07, 6.45) is -5.06. The van der Waals surface area contributed by atoms with Crippen LogP contribution < -0.4 is 20.7 Å². The quantitative estimate of drug-likeness (QED) is 0.787. The zero-order chi connectivity index (χ0) is 17.2. The predicted octanol–water partition coefficient (Wildman–Crippen LogP) is 1.88. The van der Waals surface area contributed by atoms with Gasteiger partial charge in [0.05, 0.1) is 5.69 Å². The van der Waals surface area contributed by atoms with E-state index in [1.807, 2.05) is 0 Å². The number of carbonyl (C=O) groups is 2. The molecule has 1 heterocycles. The van der Waals surface area contributed by atoms with E-state index in [9.17, 15) is 22.8 Å². The van der Waals surface area contributed by atoms with Gasteiger partial charge < -0.3 is 20.7 Å². The molecular formula is C14H16F3N3O3. The van der Waals surface area contributed by atoms with Gasteiger partial charge in [0.25, 0.3) is 5.91 Å². The Kier molecular flexibility index (Phi) is 4.67. The van der Waals surface area contributed by atoms with Crippen LogP contribution in [-0.4, -0.2) is 36.7 Å². The first kappa shape index (κ1) is 16.9. The van der Waals surface area contributed by atoms with Crippen LogP contribution in [0.5, 0.6) is 5.75 Å². The van der Waals surface area contributed by atoms with Crippen molar-refractivity contribution in [1.29, 1.82) is 0 Å². The summed E-state index contributed by atoms with van der Waals surface area (Å²) in [5, 5.41) is 7.21. The lowest BCUT2D eigenvalue weighted by molar-refractivity contribution is -0.138. The molecule has 0 saturated carbocycles. The zero-order valence-corrected chi connectivity index (χ0v) is 12.5. The van der Waals surface area contributed by atoms with Gasteiger partial charge in [-0.15, -0.1) is 0 Å². The Balaban J connectivity index is 1.99. The molecule has 0 unspecified atom stereocenters. The largest absolute Gasteiger partial charge is 0.479 e. The molecule has 3 N–H and O–H groups in total. The minimum atomic E-state index is -4.46. The van der Waals surface area contributed by atoms with Gasteiger partial charge in [0.15, 0.2) is 6.10 Å². The number of alkyl halides is 3. The van der Waals surface area contributed by atoms with Crippen LogP contribution in [-0.2, 0) is 9.59 Å². The van der Waals surface area contributed by atoms with Gasteiger partial charge in [-0.3, -0.25) is 9.59 Å². The number of amides is 2. The Morgan fingerprint density at radius 3 is 2.78 bits per heavy atom. The second-order valence-electron chi connectivity index (χ2n) is 5.16. The van der Waals surface area contributed by atoms with Crippen molar-refractivity contribution < 1.29 is 27.5 Å². The molecule has 0 spiro atoms. The number of fused-ring (bicyclic) bond motifs is 1. The number of halogens is 3. The van der Waals surface area contributed by atoms with E-state index >= 15 is 0 Å². The van der Waals surface area contributed by atoms with Crippen molar-refractivity contribution in [3.63, 3.8) is 0 Å². The van der Waals surface area contributed by atoms with Crippen molar-refractivity contribution in [3.8, 4) is 5.75 Å². The Morgan fingerprint density at radius 1 is 1.43 bits per heavy atom. The zero-order valence-electron chi connectivity index (χ0n) is 12.5. The maximum atomic E-state index is 12.1. The standard InChI is InChI=1S/C14H16F3N3O3/c1-7(12(21)18-6-14(15,16)17)19-9-3-4-11-10(5-9)20-13(22)8(2)23-11/h3-5,7-8,19H,6H2,1-2H3,(H,18,21)(H,20,22)/t7-,8+/m1/s1. The number of carbonyl (C=O) groups excluding carboxylic acids is 2. The Hall–Kier alpha value is -2.45. The van der Waals surface area contributed by atoms with E-state index < -0.39 is 30.8 Å². The molecule has 0 aromatic heterocycles. The number of nitrogens with one attached hydrogen (secondary N) is 3. The summed E-state index contributed by atoms with van der Waals surface area (Å²) < 4.78 is 41.6. The average Bonchev–Trinajstić information content (AvgIpc) is 2.45. The summed E-state index contributed by atoms with van der Waals surface area (Å²) in [5.74, 6) is -0.601. The molecule has 0 bridgehead atoms. The number of hydrogen-bond acceptors (Lipinski definition) is 4. The van der Waals surface area contributed by atoms with Crippen molar-refractivity contribution in [2.24, 2.45) is 0 Å². The normalized spacial score (nSPS) is 18.3. The fourth-order valence-corrected chi connectivity index (χ4v) is 1.95. The lowest BCUT2D eigenvalue weighted by Crippen LogP contribution is -2.42. The molecule has 1 aliphatic rings. The van der Waals surface area contributed by atoms with Crippen LogP contribution in [0.25, 0.3) is 0 Å². The maximum Gasteiger partial charge on any atom is 0.405 e. The fourth-order valence-electron chi connectivity index (χ4n) is 1.95. The van der Waals surface area contributed by atoms with Gasteiger partial charge >= 0.3 is 6.18 Å². The molecule has 0 radical (unpaired) electrons. The molecule has 126 valence electrons. The van der Waals surface area contributed by atoms with Gasteiger partial charge in [0, 0.05) is 5.69 Å². The number of anilines is 2. The lowest BCUT2D eigenvalue weighted by Gasteiger charge is -2.24. The Morgan fingerprint density at radius 2 is 2.13 bits per heavy atom. The van der Waals surface area contributed by atoms with Crippen LogP contribution in [0, 0.1) is 0 Å². The highest BCUT2D eigenvalue weighted by Crippen LogP contribution is 2.32. The molecule has 0 fully saturated rings. The van der Waals surface area contributed by atoms with Crippen LogP contribution >= 0.6 is 0 Å². The third-order valence-corrected chi connectivity index (χ3v) is 3.15. The smallest absolute Gasteiger partial charge is 0.405 e. The SMILES string of the molecule is C[C@@H]1Oc2ccc(N[C@H](C)C(=O)NCC(F)(F)F)cc2NC1=O. The summed E-state index contributed by atoms with van der Waals surface area (Å²) in [7, 11) is 0. The minimum Gasteiger partial charge on any atom is -0.479 e.